The van der Waals surface area contributed by atoms with Crippen molar-refractivity contribution in [3.63, 3.8) is 0 Å². The van der Waals surface area contributed by atoms with Crippen LogP contribution in [0.1, 0.15) is 26.7 Å². The van der Waals surface area contributed by atoms with Crippen LogP contribution in [0, 0.1) is 5.92 Å². The SMILES string of the molecule is CCN(CC)S(=O)(=O)c1ccc(Nc2ncnc(N3CCC(C(=O)O)CC3)c2N)cc1. The van der Waals surface area contributed by atoms with E-state index in [0.29, 0.717) is 62.0 Å². The minimum atomic E-state index is -3.52. The second kappa shape index (κ2) is 9.48. The number of benzene rings is 1. The van der Waals surface area contributed by atoms with E-state index in [-0.39, 0.29) is 10.8 Å². The van der Waals surface area contributed by atoms with Gasteiger partial charge in [-0.2, -0.15) is 4.31 Å². The lowest BCUT2D eigenvalue weighted by molar-refractivity contribution is -0.142. The highest BCUT2D eigenvalue weighted by atomic mass is 32.2. The Morgan fingerprint density at radius 1 is 1.19 bits per heavy atom. The van der Waals surface area contributed by atoms with Crippen LogP contribution in [0.3, 0.4) is 0 Å². The zero-order valence-corrected chi connectivity index (χ0v) is 18.5. The molecule has 1 aliphatic heterocycles. The summed E-state index contributed by atoms with van der Waals surface area (Å²) >= 11 is 0. The number of nitrogens with two attached hydrogens (primary N) is 1. The van der Waals surface area contributed by atoms with Crippen LogP contribution in [-0.2, 0) is 14.8 Å². The number of hydrogen-bond donors (Lipinski definition) is 3. The van der Waals surface area contributed by atoms with Gasteiger partial charge in [0.05, 0.1) is 10.8 Å². The first-order valence-electron chi connectivity index (χ1n) is 10.2. The van der Waals surface area contributed by atoms with Crippen LogP contribution in [0.4, 0.5) is 23.0 Å². The van der Waals surface area contributed by atoms with Gasteiger partial charge in [-0.25, -0.2) is 18.4 Å². The van der Waals surface area contributed by atoms with Gasteiger partial charge in [-0.05, 0) is 37.1 Å². The number of piperidine rings is 1. The number of aliphatic carboxylic acids is 1. The van der Waals surface area contributed by atoms with E-state index in [9.17, 15) is 13.2 Å². The molecule has 10 nitrogen and oxygen atoms in total. The monoisotopic (exact) mass is 448 g/mol. The van der Waals surface area contributed by atoms with Crippen molar-refractivity contribution in [3.05, 3.63) is 30.6 Å². The molecule has 0 unspecified atom stereocenters. The topological polar surface area (TPSA) is 142 Å². The summed E-state index contributed by atoms with van der Waals surface area (Å²) in [6, 6.07) is 6.42. The van der Waals surface area contributed by atoms with Crippen molar-refractivity contribution in [1.29, 1.82) is 0 Å². The third kappa shape index (κ3) is 4.88. The molecular formula is C20H28N6O4S. The smallest absolute Gasteiger partial charge is 0.306 e. The van der Waals surface area contributed by atoms with E-state index in [2.05, 4.69) is 15.3 Å². The maximum Gasteiger partial charge on any atom is 0.306 e. The van der Waals surface area contributed by atoms with E-state index >= 15 is 0 Å². The molecular weight excluding hydrogens is 420 g/mol. The summed E-state index contributed by atoms with van der Waals surface area (Å²) in [4.78, 5) is 21.8. The third-order valence-corrected chi connectivity index (χ3v) is 7.53. The zero-order valence-electron chi connectivity index (χ0n) is 17.7. The van der Waals surface area contributed by atoms with Gasteiger partial charge < -0.3 is 21.1 Å². The Kier molecular flexibility index (Phi) is 6.96. The molecule has 0 atom stereocenters. The molecule has 0 aliphatic carbocycles. The van der Waals surface area contributed by atoms with E-state index < -0.39 is 16.0 Å². The molecule has 168 valence electrons. The van der Waals surface area contributed by atoms with Crippen molar-refractivity contribution in [2.45, 2.75) is 31.6 Å². The molecule has 3 rings (SSSR count). The quantitative estimate of drug-likeness (QED) is 0.553. The summed E-state index contributed by atoms with van der Waals surface area (Å²) in [5.41, 5.74) is 7.28. The van der Waals surface area contributed by atoms with Gasteiger partial charge in [0, 0.05) is 31.9 Å². The Balaban J connectivity index is 1.75. The van der Waals surface area contributed by atoms with Crippen LogP contribution in [0.5, 0.6) is 0 Å². The number of sulfonamides is 1. The minimum Gasteiger partial charge on any atom is -0.481 e. The lowest BCUT2D eigenvalue weighted by atomic mass is 9.97. The maximum atomic E-state index is 12.6. The largest absolute Gasteiger partial charge is 0.481 e. The molecule has 11 heteroatoms. The molecule has 0 radical (unpaired) electrons. The van der Waals surface area contributed by atoms with Crippen molar-refractivity contribution in [1.82, 2.24) is 14.3 Å². The summed E-state index contributed by atoms with van der Waals surface area (Å²) in [6.45, 7) is 5.52. The number of nitrogen functional groups attached to an aromatic ring is 1. The van der Waals surface area contributed by atoms with Crippen LogP contribution in [-0.4, -0.2) is 59.9 Å². The van der Waals surface area contributed by atoms with Gasteiger partial charge in [-0.15, -0.1) is 0 Å². The fourth-order valence-corrected chi connectivity index (χ4v) is 5.09. The van der Waals surface area contributed by atoms with Gasteiger partial charge >= 0.3 is 5.97 Å². The first-order valence-corrected chi connectivity index (χ1v) is 11.7. The summed E-state index contributed by atoms with van der Waals surface area (Å²) in [5, 5.41) is 12.3. The number of hydrogen-bond acceptors (Lipinski definition) is 8. The predicted molar refractivity (Wildman–Crippen MR) is 119 cm³/mol. The molecule has 0 spiro atoms. The fourth-order valence-electron chi connectivity index (χ4n) is 3.64. The van der Waals surface area contributed by atoms with E-state index in [4.69, 9.17) is 10.8 Å². The highest BCUT2D eigenvalue weighted by Gasteiger charge is 2.27. The first-order chi connectivity index (χ1) is 14.8. The number of rotatable bonds is 8. The number of aromatic nitrogens is 2. The maximum absolute atomic E-state index is 12.6. The molecule has 1 aromatic heterocycles. The molecule has 0 amide bonds. The molecule has 31 heavy (non-hydrogen) atoms. The number of anilines is 4. The summed E-state index contributed by atoms with van der Waals surface area (Å²) < 4.78 is 26.7. The van der Waals surface area contributed by atoms with Gasteiger partial charge in [-0.1, -0.05) is 13.8 Å². The number of carboxylic acids is 1. The number of carboxylic acid groups (broad SMARTS) is 1. The van der Waals surface area contributed by atoms with Crippen LogP contribution in [0.15, 0.2) is 35.5 Å². The van der Waals surface area contributed by atoms with Crippen LogP contribution >= 0.6 is 0 Å². The van der Waals surface area contributed by atoms with E-state index in [1.54, 1.807) is 38.1 Å². The Hall–Kier alpha value is -2.92. The summed E-state index contributed by atoms with van der Waals surface area (Å²) in [7, 11) is -3.52. The number of carbonyl (C=O) groups is 1. The molecule has 1 saturated heterocycles. The van der Waals surface area contributed by atoms with Crippen LogP contribution in [0.25, 0.3) is 0 Å². The van der Waals surface area contributed by atoms with E-state index in [0.717, 1.165) is 0 Å². The highest BCUT2D eigenvalue weighted by Crippen LogP contribution is 2.31. The van der Waals surface area contributed by atoms with Gasteiger partial charge in [0.25, 0.3) is 0 Å². The molecule has 4 N–H and O–H groups in total. The third-order valence-electron chi connectivity index (χ3n) is 5.47. The zero-order chi connectivity index (χ0) is 22.6. The molecule has 0 saturated carbocycles. The number of nitrogens with zero attached hydrogens (tertiary/aromatic N) is 4. The molecule has 2 heterocycles. The molecule has 1 aliphatic rings. The van der Waals surface area contributed by atoms with Gasteiger partial charge in [0.15, 0.2) is 11.6 Å². The highest BCUT2D eigenvalue weighted by molar-refractivity contribution is 7.89. The van der Waals surface area contributed by atoms with E-state index in [1.165, 1.54) is 10.6 Å². The van der Waals surface area contributed by atoms with Gasteiger partial charge in [0.2, 0.25) is 10.0 Å². The Morgan fingerprint density at radius 2 is 1.81 bits per heavy atom. The predicted octanol–water partition coefficient (Wildman–Crippen LogP) is 2.13. The van der Waals surface area contributed by atoms with Crippen molar-refractivity contribution in [3.8, 4) is 0 Å². The Morgan fingerprint density at radius 3 is 2.35 bits per heavy atom. The first kappa shape index (κ1) is 22.8. The molecule has 0 bridgehead atoms. The molecule has 1 fully saturated rings. The van der Waals surface area contributed by atoms with Crippen molar-refractivity contribution < 1.29 is 18.3 Å². The van der Waals surface area contributed by atoms with Crippen molar-refractivity contribution in [2.24, 2.45) is 5.92 Å². The Labute approximate surface area is 182 Å². The lowest BCUT2D eigenvalue weighted by Crippen LogP contribution is -2.37. The summed E-state index contributed by atoms with van der Waals surface area (Å²) in [6.07, 6.45) is 2.46. The Bertz CT molecular complexity index is 1020. The van der Waals surface area contributed by atoms with Crippen molar-refractivity contribution in [2.75, 3.05) is 42.1 Å². The van der Waals surface area contributed by atoms with Gasteiger partial charge in [-0.3, -0.25) is 4.79 Å². The average Bonchev–Trinajstić information content (AvgIpc) is 2.76. The fraction of sp³-hybridized carbons (Fsp3) is 0.450. The van der Waals surface area contributed by atoms with Crippen LogP contribution < -0.4 is 16.0 Å². The minimum absolute atomic E-state index is 0.222. The average molecular weight is 449 g/mol. The summed E-state index contributed by atoms with van der Waals surface area (Å²) in [5.74, 6) is -0.154. The lowest BCUT2D eigenvalue weighted by Gasteiger charge is -2.31. The normalized spacial score (nSPS) is 15.3. The molecule has 1 aromatic carbocycles. The van der Waals surface area contributed by atoms with E-state index in [1.807, 2.05) is 4.90 Å². The second-order valence-corrected chi connectivity index (χ2v) is 9.24. The second-order valence-electron chi connectivity index (χ2n) is 7.30. The van der Waals surface area contributed by atoms with Crippen LogP contribution in [0.2, 0.25) is 0 Å². The number of nitrogens with one attached hydrogen (secondary N) is 1. The van der Waals surface area contributed by atoms with Crippen molar-refractivity contribution >= 4 is 39.0 Å². The standard InChI is InChI=1S/C20H28N6O4S/c1-3-26(4-2)31(29,30)16-7-5-15(6-8-16)24-18-17(21)19(23-13-22-18)25-11-9-14(10-12-25)20(27)28/h5-8,13-14H,3-4,9-12,21H2,1-2H3,(H,27,28)(H,22,23,24). The van der Waals surface area contributed by atoms with Gasteiger partial charge in [0.1, 0.15) is 12.0 Å². The molecule has 2 aromatic rings.